The quantitative estimate of drug-likeness (QED) is 0.798. The van der Waals surface area contributed by atoms with Gasteiger partial charge in [-0.3, -0.25) is 4.79 Å². The maximum absolute atomic E-state index is 12.2. The minimum Gasteiger partial charge on any atom is -0.495 e. The van der Waals surface area contributed by atoms with Crippen molar-refractivity contribution in [2.45, 2.75) is 0 Å². The van der Waals surface area contributed by atoms with Crippen molar-refractivity contribution in [2.75, 3.05) is 12.4 Å². The van der Waals surface area contributed by atoms with Crippen LogP contribution in [0.3, 0.4) is 0 Å². The summed E-state index contributed by atoms with van der Waals surface area (Å²) in [4.78, 5) is 16.4. The van der Waals surface area contributed by atoms with Crippen LogP contribution in [0, 0.1) is 0 Å². The number of carbonyl (C=O) groups is 1. The molecule has 1 N–H and O–H groups in total. The number of methoxy groups -OCH3 is 1. The van der Waals surface area contributed by atoms with Crippen LogP contribution < -0.4 is 10.1 Å². The Balaban J connectivity index is 1.80. The Morgan fingerprint density at radius 3 is 2.59 bits per heavy atom. The third kappa shape index (κ3) is 2.83. The molecule has 1 heterocycles. The van der Waals surface area contributed by atoms with E-state index in [1.165, 1.54) is 6.20 Å². The van der Waals surface area contributed by atoms with Gasteiger partial charge < -0.3 is 14.5 Å². The highest BCUT2D eigenvalue weighted by atomic mass is 16.5. The minimum atomic E-state index is -0.376. The molecule has 3 aromatic rings. The van der Waals surface area contributed by atoms with Crippen LogP contribution >= 0.6 is 0 Å². The molecule has 0 atom stereocenters. The van der Waals surface area contributed by atoms with Gasteiger partial charge in [0.15, 0.2) is 0 Å². The lowest BCUT2D eigenvalue weighted by Crippen LogP contribution is -2.11. The molecule has 1 aromatic heterocycles. The maximum Gasteiger partial charge on any atom is 0.293 e. The van der Waals surface area contributed by atoms with Crippen molar-refractivity contribution in [3.05, 3.63) is 66.6 Å². The van der Waals surface area contributed by atoms with E-state index < -0.39 is 0 Å². The van der Waals surface area contributed by atoms with Crippen LogP contribution in [0.25, 0.3) is 11.5 Å². The zero-order chi connectivity index (χ0) is 15.4. The van der Waals surface area contributed by atoms with Crippen molar-refractivity contribution in [3.8, 4) is 17.2 Å². The smallest absolute Gasteiger partial charge is 0.293 e. The van der Waals surface area contributed by atoms with E-state index >= 15 is 0 Å². The second-order valence-corrected chi connectivity index (χ2v) is 4.55. The minimum absolute atomic E-state index is 0.143. The summed E-state index contributed by atoms with van der Waals surface area (Å²) in [5.41, 5.74) is 1.39. The lowest BCUT2D eigenvalue weighted by Gasteiger charge is -2.08. The molecule has 5 heteroatoms. The Hall–Kier alpha value is -3.08. The van der Waals surface area contributed by atoms with E-state index in [2.05, 4.69) is 10.3 Å². The van der Waals surface area contributed by atoms with Gasteiger partial charge in [-0.25, -0.2) is 4.98 Å². The molecule has 0 saturated carbocycles. The Bertz CT molecular complexity index is 781. The third-order valence-electron chi connectivity index (χ3n) is 3.11. The number of benzene rings is 2. The molecule has 0 bridgehead atoms. The highest BCUT2D eigenvalue weighted by Gasteiger charge is 2.15. The molecule has 2 aromatic carbocycles. The number of carbonyl (C=O) groups excluding carboxylic acids is 1. The molecule has 5 nitrogen and oxygen atoms in total. The number of nitrogens with zero attached hydrogens (tertiary/aromatic N) is 1. The summed E-state index contributed by atoms with van der Waals surface area (Å²) in [6.45, 7) is 0. The van der Waals surface area contributed by atoms with Crippen LogP contribution in [0.15, 0.2) is 65.2 Å². The molecule has 1 amide bonds. The molecule has 0 unspecified atom stereocenters. The number of para-hydroxylation sites is 2. The third-order valence-corrected chi connectivity index (χ3v) is 3.11. The molecule has 110 valence electrons. The fraction of sp³-hybridized carbons (Fsp3) is 0.0588. The normalized spacial score (nSPS) is 10.2. The molecule has 3 rings (SSSR count). The number of rotatable bonds is 4. The first-order valence-electron chi connectivity index (χ1n) is 6.73. The fourth-order valence-electron chi connectivity index (χ4n) is 2.03. The Labute approximate surface area is 127 Å². The first kappa shape index (κ1) is 13.9. The first-order chi connectivity index (χ1) is 10.8. The number of hydrogen-bond acceptors (Lipinski definition) is 4. The Morgan fingerprint density at radius 1 is 1.09 bits per heavy atom. The molecule has 0 aliphatic rings. The summed E-state index contributed by atoms with van der Waals surface area (Å²) < 4.78 is 10.7. The van der Waals surface area contributed by atoms with E-state index in [-0.39, 0.29) is 11.7 Å². The SMILES string of the molecule is COc1ccccc1NC(=O)c1cnc(-c2ccccc2)o1. The summed E-state index contributed by atoms with van der Waals surface area (Å²) in [5, 5.41) is 2.74. The molecule has 0 fully saturated rings. The van der Waals surface area contributed by atoms with Crippen molar-refractivity contribution < 1.29 is 13.9 Å². The molecular formula is C17H14N2O3. The van der Waals surface area contributed by atoms with Gasteiger partial charge >= 0.3 is 0 Å². The van der Waals surface area contributed by atoms with Gasteiger partial charge in [0.1, 0.15) is 5.75 Å². The van der Waals surface area contributed by atoms with E-state index in [1.807, 2.05) is 42.5 Å². The van der Waals surface area contributed by atoms with Gasteiger partial charge in [0, 0.05) is 5.56 Å². The topological polar surface area (TPSA) is 64.4 Å². The Morgan fingerprint density at radius 2 is 1.82 bits per heavy atom. The number of oxazole rings is 1. The van der Waals surface area contributed by atoms with Gasteiger partial charge in [0.05, 0.1) is 19.0 Å². The van der Waals surface area contributed by atoms with E-state index in [4.69, 9.17) is 9.15 Å². The largest absolute Gasteiger partial charge is 0.495 e. The lowest BCUT2D eigenvalue weighted by atomic mass is 10.2. The second-order valence-electron chi connectivity index (χ2n) is 4.55. The van der Waals surface area contributed by atoms with Gasteiger partial charge in [-0.15, -0.1) is 0 Å². The number of ether oxygens (including phenoxy) is 1. The van der Waals surface area contributed by atoms with Crippen LogP contribution in [-0.4, -0.2) is 18.0 Å². The summed E-state index contributed by atoms with van der Waals surface area (Å²) in [6.07, 6.45) is 1.41. The molecule has 0 radical (unpaired) electrons. The molecule has 0 saturated heterocycles. The van der Waals surface area contributed by atoms with Gasteiger partial charge in [-0.2, -0.15) is 0 Å². The number of amides is 1. The van der Waals surface area contributed by atoms with Crippen molar-refractivity contribution in [1.29, 1.82) is 0 Å². The second kappa shape index (κ2) is 6.13. The Kier molecular flexibility index (Phi) is 3.87. The van der Waals surface area contributed by atoms with E-state index in [9.17, 15) is 4.79 Å². The van der Waals surface area contributed by atoms with Crippen LogP contribution in [0.5, 0.6) is 5.75 Å². The van der Waals surface area contributed by atoms with E-state index in [0.717, 1.165) is 5.56 Å². The summed E-state index contributed by atoms with van der Waals surface area (Å²) in [6, 6.07) is 16.6. The van der Waals surface area contributed by atoms with Crippen molar-refractivity contribution in [2.24, 2.45) is 0 Å². The van der Waals surface area contributed by atoms with Crippen molar-refractivity contribution in [1.82, 2.24) is 4.98 Å². The van der Waals surface area contributed by atoms with Gasteiger partial charge in [0.25, 0.3) is 5.91 Å². The predicted octanol–water partition coefficient (Wildman–Crippen LogP) is 3.60. The highest BCUT2D eigenvalue weighted by molar-refractivity contribution is 6.03. The first-order valence-corrected chi connectivity index (χ1v) is 6.73. The zero-order valence-electron chi connectivity index (χ0n) is 11.9. The van der Waals surface area contributed by atoms with Gasteiger partial charge in [-0.05, 0) is 24.3 Å². The molecule has 0 spiro atoms. The van der Waals surface area contributed by atoms with Crippen LogP contribution in [0.2, 0.25) is 0 Å². The summed E-state index contributed by atoms with van der Waals surface area (Å²) in [7, 11) is 1.55. The van der Waals surface area contributed by atoms with Gasteiger partial charge in [-0.1, -0.05) is 30.3 Å². The van der Waals surface area contributed by atoms with E-state index in [1.54, 1.807) is 19.2 Å². The van der Waals surface area contributed by atoms with E-state index in [0.29, 0.717) is 17.3 Å². The lowest BCUT2D eigenvalue weighted by molar-refractivity contribution is 0.0997. The van der Waals surface area contributed by atoms with Crippen molar-refractivity contribution >= 4 is 11.6 Å². The number of nitrogens with one attached hydrogen (secondary N) is 1. The molecular weight excluding hydrogens is 280 g/mol. The average Bonchev–Trinajstić information content (AvgIpc) is 3.06. The molecule has 0 aliphatic heterocycles. The molecule has 0 aliphatic carbocycles. The summed E-state index contributed by atoms with van der Waals surface area (Å²) >= 11 is 0. The van der Waals surface area contributed by atoms with Gasteiger partial charge in [0.2, 0.25) is 11.7 Å². The zero-order valence-corrected chi connectivity index (χ0v) is 11.9. The number of hydrogen-bond donors (Lipinski definition) is 1. The highest BCUT2D eigenvalue weighted by Crippen LogP contribution is 2.24. The fourth-order valence-corrected chi connectivity index (χ4v) is 2.03. The van der Waals surface area contributed by atoms with Crippen LogP contribution in [0.4, 0.5) is 5.69 Å². The number of anilines is 1. The monoisotopic (exact) mass is 294 g/mol. The van der Waals surface area contributed by atoms with Crippen LogP contribution in [-0.2, 0) is 0 Å². The predicted molar refractivity (Wildman–Crippen MR) is 82.9 cm³/mol. The van der Waals surface area contributed by atoms with Crippen molar-refractivity contribution in [3.63, 3.8) is 0 Å². The number of aromatic nitrogens is 1. The summed E-state index contributed by atoms with van der Waals surface area (Å²) in [5.74, 6) is 0.758. The maximum atomic E-state index is 12.2. The standard InChI is InChI=1S/C17H14N2O3/c1-21-14-10-6-5-9-13(14)19-16(20)15-11-18-17(22-15)12-7-3-2-4-8-12/h2-11H,1H3,(H,19,20). The molecule has 22 heavy (non-hydrogen) atoms. The van der Waals surface area contributed by atoms with Crippen LogP contribution in [0.1, 0.15) is 10.6 Å². The average molecular weight is 294 g/mol.